The topological polar surface area (TPSA) is 101 Å². The number of amides is 1. The zero-order valence-corrected chi connectivity index (χ0v) is 7.68. The van der Waals surface area contributed by atoms with Crippen molar-refractivity contribution in [2.45, 2.75) is 0 Å². The van der Waals surface area contributed by atoms with Gasteiger partial charge < -0.3 is 15.9 Å². The molecule has 0 bridgehead atoms. The van der Waals surface area contributed by atoms with Crippen LogP contribution in [0.4, 0.5) is 0 Å². The Hall–Kier alpha value is -2.30. The second kappa shape index (κ2) is 4.28. The first kappa shape index (κ1) is 10.8. The van der Waals surface area contributed by atoms with E-state index in [2.05, 4.69) is 0 Å². The molecule has 4 N–H and O–H groups in total. The maximum absolute atomic E-state index is 10.7. The van der Waals surface area contributed by atoms with Crippen LogP contribution in [0.25, 0.3) is 6.08 Å². The predicted molar refractivity (Wildman–Crippen MR) is 53.3 cm³/mol. The largest absolute Gasteiger partial charge is 0.507 e. The van der Waals surface area contributed by atoms with Gasteiger partial charge in [-0.1, -0.05) is 6.07 Å². The summed E-state index contributed by atoms with van der Waals surface area (Å²) in [6, 6.07) is 4.08. The number of primary amides is 1. The van der Waals surface area contributed by atoms with Crippen LogP contribution in [0.15, 0.2) is 24.3 Å². The van der Waals surface area contributed by atoms with Crippen LogP contribution in [0.1, 0.15) is 15.9 Å². The minimum atomic E-state index is -1.09. The Balaban J connectivity index is 3.01. The fourth-order valence-corrected chi connectivity index (χ4v) is 1.03. The van der Waals surface area contributed by atoms with Gasteiger partial charge in [-0.25, -0.2) is 4.79 Å². The Bertz CT molecular complexity index is 437. The van der Waals surface area contributed by atoms with Gasteiger partial charge in [-0.2, -0.15) is 0 Å². The van der Waals surface area contributed by atoms with E-state index >= 15 is 0 Å². The van der Waals surface area contributed by atoms with E-state index in [1.165, 1.54) is 24.3 Å². The van der Waals surface area contributed by atoms with E-state index in [1.807, 2.05) is 0 Å². The van der Waals surface area contributed by atoms with Gasteiger partial charge >= 0.3 is 5.97 Å². The molecule has 0 unspecified atom stereocenters. The summed E-state index contributed by atoms with van der Waals surface area (Å²) in [6.07, 6.45) is 2.23. The lowest BCUT2D eigenvalue weighted by Gasteiger charge is -2.00. The summed E-state index contributed by atoms with van der Waals surface area (Å²) in [5.41, 5.74) is 5.45. The van der Waals surface area contributed by atoms with E-state index in [4.69, 9.17) is 10.8 Å². The molecule has 0 saturated carbocycles. The molecule has 0 saturated heterocycles. The zero-order chi connectivity index (χ0) is 11.4. The first-order valence-electron chi connectivity index (χ1n) is 4.04. The summed E-state index contributed by atoms with van der Waals surface area (Å²) in [5.74, 6) is -2.09. The maximum atomic E-state index is 10.7. The molecule has 5 heteroatoms. The predicted octanol–water partition coefficient (Wildman–Crippen LogP) is 0.589. The number of carboxylic acids is 1. The van der Waals surface area contributed by atoms with Crippen molar-refractivity contribution >= 4 is 18.0 Å². The van der Waals surface area contributed by atoms with E-state index < -0.39 is 11.9 Å². The first-order chi connectivity index (χ1) is 7.00. The molecule has 0 spiro atoms. The van der Waals surface area contributed by atoms with Gasteiger partial charge in [0.2, 0.25) is 0 Å². The number of aromatic hydroxyl groups is 1. The number of rotatable bonds is 3. The second-order valence-corrected chi connectivity index (χ2v) is 2.81. The molecule has 0 fully saturated rings. The van der Waals surface area contributed by atoms with E-state index in [0.717, 1.165) is 6.08 Å². The van der Waals surface area contributed by atoms with Crippen molar-refractivity contribution in [3.05, 3.63) is 35.4 Å². The van der Waals surface area contributed by atoms with Gasteiger partial charge in [0.05, 0.1) is 5.56 Å². The van der Waals surface area contributed by atoms with E-state index in [-0.39, 0.29) is 11.3 Å². The minimum absolute atomic E-state index is 0.00229. The summed E-state index contributed by atoms with van der Waals surface area (Å²) in [4.78, 5) is 21.0. The summed E-state index contributed by atoms with van der Waals surface area (Å²) in [7, 11) is 0. The molecule has 1 aromatic carbocycles. The van der Waals surface area contributed by atoms with Crippen LogP contribution < -0.4 is 5.73 Å². The molecule has 78 valence electrons. The second-order valence-electron chi connectivity index (χ2n) is 2.81. The molecule has 15 heavy (non-hydrogen) atoms. The third kappa shape index (κ3) is 2.84. The Kier molecular flexibility index (Phi) is 3.07. The number of hydrogen-bond acceptors (Lipinski definition) is 3. The van der Waals surface area contributed by atoms with Gasteiger partial charge in [0, 0.05) is 6.08 Å². The number of carbonyl (C=O) groups excluding carboxylic acids is 1. The maximum Gasteiger partial charge on any atom is 0.328 e. The van der Waals surface area contributed by atoms with Gasteiger partial charge in [-0.15, -0.1) is 0 Å². The van der Waals surface area contributed by atoms with Gasteiger partial charge in [0.15, 0.2) is 0 Å². The Morgan fingerprint density at radius 1 is 1.33 bits per heavy atom. The van der Waals surface area contributed by atoms with Crippen LogP contribution in [0, 0.1) is 0 Å². The molecule has 0 aromatic heterocycles. The lowest BCUT2D eigenvalue weighted by atomic mass is 10.1. The highest BCUT2D eigenvalue weighted by atomic mass is 16.4. The van der Waals surface area contributed by atoms with Crippen molar-refractivity contribution in [2.75, 3.05) is 0 Å². The molecule has 1 aromatic rings. The molecule has 5 nitrogen and oxygen atoms in total. The van der Waals surface area contributed by atoms with Gasteiger partial charge in [0.1, 0.15) is 5.75 Å². The molecular weight excluding hydrogens is 198 g/mol. The van der Waals surface area contributed by atoms with Crippen LogP contribution in [0.3, 0.4) is 0 Å². The lowest BCUT2D eigenvalue weighted by Crippen LogP contribution is -2.10. The monoisotopic (exact) mass is 207 g/mol. The highest BCUT2D eigenvalue weighted by Gasteiger charge is 2.06. The number of carbonyl (C=O) groups is 2. The van der Waals surface area contributed by atoms with E-state index in [1.54, 1.807) is 0 Å². The van der Waals surface area contributed by atoms with Crippen molar-refractivity contribution in [3.63, 3.8) is 0 Å². The van der Waals surface area contributed by atoms with Crippen molar-refractivity contribution < 1.29 is 19.8 Å². The van der Waals surface area contributed by atoms with Gasteiger partial charge in [0.25, 0.3) is 5.91 Å². The molecule has 1 rings (SSSR count). The molecule has 0 aliphatic heterocycles. The summed E-state index contributed by atoms with van der Waals surface area (Å²) < 4.78 is 0. The molecule has 1 amide bonds. The third-order valence-corrected chi connectivity index (χ3v) is 1.71. The number of nitrogens with two attached hydrogens (primary N) is 1. The fourth-order valence-electron chi connectivity index (χ4n) is 1.03. The number of benzene rings is 1. The summed E-state index contributed by atoms with van der Waals surface area (Å²) >= 11 is 0. The molecule has 0 radical (unpaired) electrons. The zero-order valence-electron chi connectivity index (χ0n) is 7.68. The van der Waals surface area contributed by atoms with Crippen LogP contribution in [0.5, 0.6) is 5.75 Å². The standard InChI is InChI=1S/C10H9NO4/c11-10(15)7-3-1-6(5-8(7)12)2-4-9(13)14/h1-5,12H,(H2,11,15)(H,13,14). The van der Waals surface area contributed by atoms with Crippen LogP contribution in [0.2, 0.25) is 0 Å². The number of hydrogen-bond donors (Lipinski definition) is 3. The Morgan fingerprint density at radius 2 is 2.00 bits per heavy atom. The Morgan fingerprint density at radius 3 is 2.47 bits per heavy atom. The third-order valence-electron chi connectivity index (χ3n) is 1.71. The number of aliphatic carboxylic acids is 1. The summed E-state index contributed by atoms with van der Waals surface area (Å²) in [5, 5.41) is 17.7. The SMILES string of the molecule is NC(=O)c1ccc(C=CC(=O)O)cc1O. The van der Waals surface area contributed by atoms with Crippen molar-refractivity contribution in [2.24, 2.45) is 5.73 Å². The average Bonchev–Trinajstić information content (AvgIpc) is 2.14. The molecule has 0 aliphatic carbocycles. The average molecular weight is 207 g/mol. The number of phenols is 1. The van der Waals surface area contributed by atoms with Gasteiger partial charge in [-0.05, 0) is 23.8 Å². The van der Waals surface area contributed by atoms with Crippen molar-refractivity contribution in [1.82, 2.24) is 0 Å². The quantitative estimate of drug-likeness (QED) is 0.631. The van der Waals surface area contributed by atoms with E-state index in [9.17, 15) is 14.7 Å². The number of carboxylic acid groups (broad SMARTS) is 1. The fraction of sp³-hybridized carbons (Fsp3) is 0. The minimum Gasteiger partial charge on any atom is -0.507 e. The van der Waals surface area contributed by atoms with Crippen LogP contribution in [-0.4, -0.2) is 22.1 Å². The first-order valence-corrected chi connectivity index (χ1v) is 4.04. The summed E-state index contributed by atoms with van der Waals surface area (Å²) in [6.45, 7) is 0. The highest BCUT2D eigenvalue weighted by molar-refractivity contribution is 5.96. The molecule has 0 atom stereocenters. The molecule has 0 aliphatic rings. The lowest BCUT2D eigenvalue weighted by molar-refractivity contribution is -0.131. The van der Waals surface area contributed by atoms with Crippen LogP contribution in [-0.2, 0) is 4.79 Å². The van der Waals surface area contributed by atoms with Gasteiger partial charge in [-0.3, -0.25) is 4.79 Å². The van der Waals surface area contributed by atoms with Crippen LogP contribution >= 0.6 is 0 Å². The molecule has 0 heterocycles. The Labute approximate surface area is 85.5 Å². The highest BCUT2D eigenvalue weighted by Crippen LogP contribution is 2.18. The van der Waals surface area contributed by atoms with Crippen molar-refractivity contribution in [1.29, 1.82) is 0 Å². The van der Waals surface area contributed by atoms with Crippen molar-refractivity contribution in [3.8, 4) is 5.75 Å². The smallest absolute Gasteiger partial charge is 0.328 e. The normalized spacial score (nSPS) is 10.4. The van der Waals surface area contributed by atoms with E-state index in [0.29, 0.717) is 5.56 Å². The molecular formula is C10H9NO4.